The number of nitrogens with one attached hydrogen (secondary N) is 8. The molecule has 0 heterocycles. The van der Waals surface area contributed by atoms with Gasteiger partial charge in [-0.25, -0.2) is 59.6 Å². The number of carbonyl (C=O) groups excluding carboxylic acids is 8. The molecular formula is C24H28N8O12. The number of methoxy groups -OCH3 is 4. The average Bonchev–Trinajstić information content (AvgIpc) is 2.98. The molecule has 0 saturated carbocycles. The summed E-state index contributed by atoms with van der Waals surface area (Å²) in [7, 11) is 4.43. The van der Waals surface area contributed by atoms with E-state index in [9.17, 15) is 38.4 Å². The van der Waals surface area contributed by atoms with Crippen LogP contribution in [0.15, 0.2) is 48.5 Å². The van der Waals surface area contributed by atoms with E-state index in [4.69, 9.17) is 0 Å². The summed E-state index contributed by atoms with van der Waals surface area (Å²) in [4.78, 5) is 89.7. The quantitative estimate of drug-likeness (QED) is 0.229. The summed E-state index contributed by atoms with van der Waals surface area (Å²) in [6.07, 6.45) is -3.75. The minimum atomic E-state index is -0.939. The molecule has 2 aromatic carbocycles. The second-order valence-electron chi connectivity index (χ2n) is 7.37. The van der Waals surface area contributed by atoms with Gasteiger partial charge in [0.05, 0.1) is 51.2 Å². The molecule has 0 aliphatic rings. The topological polar surface area (TPSA) is 270 Å². The van der Waals surface area contributed by atoms with Crippen LogP contribution < -0.4 is 42.5 Å². The lowest BCUT2D eigenvalue weighted by molar-refractivity contribution is 0.170. The number of amides is 12. The van der Waals surface area contributed by atoms with Gasteiger partial charge in [0.2, 0.25) is 0 Å². The third-order valence-corrected chi connectivity index (χ3v) is 4.45. The first-order valence-electron chi connectivity index (χ1n) is 11.7. The molecule has 236 valence electrons. The number of hydrogen-bond donors (Lipinski definition) is 8. The van der Waals surface area contributed by atoms with Crippen LogP contribution in [0.3, 0.4) is 0 Å². The van der Waals surface area contributed by atoms with Crippen LogP contribution in [-0.4, -0.2) is 76.9 Å². The van der Waals surface area contributed by atoms with Gasteiger partial charge in [-0.2, -0.15) is 0 Å². The van der Waals surface area contributed by atoms with Crippen molar-refractivity contribution in [3.63, 3.8) is 0 Å². The van der Waals surface area contributed by atoms with Crippen molar-refractivity contribution in [3.8, 4) is 0 Å². The predicted octanol–water partition coefficient (Wildman–Crippen LogP) is 2.92. The van der Waals surface area contributed by atoms with E-state index in [-0.39, 0.29) is 22.7 Å². The highest BCUT2D eigenvalue weighted by atomic mass is 16.6. The Morgan fingerprint density at radius 3 is 0.727 bits per heavy atom. The smallest absolute Gasteiger partial charge is 0.415 e. The van der Waals surface area contributed by atoms with Gasteiger partial charge in [-0.05, 0) is 24.3 Å². The van der Waals surface area contributed by atoms with E-state index in [0.29, 0.717) is 0 Å². The Balaban J connectivity index is 0.000000440. The van der Waals surface area contributed by atoms with Gasteiger partial charge in [0, 0.05) is 0 Å². The summed E-state index contributed by atoms with van der Waals surface area (Å²) < 4.78 is 17.1. The highest BCUT2D eigenvalue weighted by Crippen LogP contribution is 2.21. The van der Waals surface area contributed by atoms with Gasteiger partial charge in [0.15, 0.2) is 0 Å². The van der Waals surface area contributed by atoms with Gasteiger partial charge in [-0.3, -0.25) is 0 Å². The zero-order valence-electron chi connectivity index (χ0n) is 23.5. The second kappa shape index (κ2) is 18.7. The number of hydrogen-bond acceptors (Lipinski definition) is 12. The highest BCUT2D eigenvalue weighted by Gasteiger charge is 2.14. The molecule has 0 spiro atoms. The minimum Gasteiger partial charge on any atom is -0.453 e. The second-order valence-corrected chi connectivity index (χ2v) is 7.37. The number of alkyl carbamates (subject to hydrolysis) is 4. The largest absolute Gasteiger partial charge is 0.453 e. The Labute approximate surface area is 248 Å². The minimum absolute atomic E-state index is 0.198. The van der Waals surface area contributed by atoms with Crippen LogP contribution in [0.4, 0.5) is 61.1 Å². The van der Waals surface area contributed by atoms with Crippen molar-refractivity contribution >= 4 is 71.2 Å². The number of rotatable bonds is 4. The van der Waals surface area contributed by atoms with E-state index in [1.807, 2.05) is 21.3 Å². The number of imide groups is 4. The maximum absolute atomic E-state index is 11.5. The van der Waals surface area contributed by atoms with Gasteiger partial charge in [0.1, 0.15) is 0 Å². The number of benzene rings is 2. The summed E-state index contributed by atoms with van der Waals surface area (Å²) >= 11 is 0. The Morgan fingerprint density at radius 2 is 0.568 bits per heavy atom. The van der Waals surface area contributed by atoms with Crippen LogP contribution in [0.5, 0.6) is 0 Å². The van der Waals surface area contributed by atoms with E-state index >= 15 is 0 Å². The number of carbonyl (C=O) groups is 8. The Bertz CT molecular complexity index is 1180. The van der Waals surface area contributed by atoms with Crippen LogP contribution in [0.25, 0.3) is 0 Å². The number of ether oxygens (including phenoxy) is 4. The lowest BCUT2D eigenvalue weighted by Gasteiger charge is -2.12. The molecule has 20 nitrogen and oxygen atoms in total. The van der Waals surface area contributed by atoms with Crippen molar-refractivity contribution in [2.24, 2.45) is 0 Å². The predicted molar refractivity (Wildman–Crippen MR) is 151 cm³/mol. The summed E-state index contributed by atoms with van der Waals surface area (Å²) in [6.45, 7) is 0. The monoisotopic (exact) mass is 620 g/mol. The molecule has 2 rings (SSSR count). The zero-order chi connectivity index (χ0) is 33.1. The highest BCUT2D eigenvalue weighted by molar-refractivity contribution is 6.06. The number of para-hydroxylation sites is 4. The Kier molecular flexibility index (Phi) is 15.0. The molecule has 0 aliphatic carbocycles. The summed E-state index contributed by atoms with van der Waals surface area (Å²) in [5.41, 5.74) is 0.792. The standard InChI is InChI=1S/2C12H14N4O6/c2*1-21-11(19)15-9(17)13-7-5-3-4-6-8(7)14-10(18)16-12(20)22-2/h2*3-6H,1-2H3,(H2,13,15,17,19)(H2,14,16,18,20). The van der Waals surface area contributed by atoms with Gasteiger partial charge >= 0.3 is 48.5 Å². The SMILES string of the molecule is COC(=O)NC(=O)Nc1ccccc1NC(=O)NC(=O)OC.COC(=O)NC(=O)Nc1ccccc1NC(=O)NC(=O)OC. The molecule has 0 saturated heterocycles. The van der Waals surface area contributed by atoms with Crippen molar-refractivity contribution in [1.29, 1.82) is 0 Å². The molecule has 0 aromatic heterocycles. The van der Waals surface area contributed by atoms with Crippen molar-refractivity contribution < 1.29 is 57.3 Å². The molecule has 2 aromatic rings. The Morgan fingerprint density at radius 1 is 0.386 bits per heavy atom. The molecule has 0 fully saturated rings. The van der Waals surface area contributed by atoms with Crippen LogP contribution in [0.1, 0.15) is 0 Å². The van der Waals surface area contributed by atoms with E-state index in [1.165, 1.54) is 24.3 Å². The van der Waals surface area contributed by atoms with Crippen molar-refractivity contribution in [1.82, 2.24) is 21.3 Å². The molecule has 44 heavy (non-hydrogen) atoms. The van der Waals surface area contributed by atoms with E-state index < -0.39 is 48.5 Å². The van der Waals surface area contributed by atoms with Crippen molar-refractivity contribution in [2.45, 2.75) is 0 Å². The van der Waals surface area contributed by atoms with Crippen LogP contribution >= 0.6 is 0 Å². The Hall–Kier alpha value is -6.60. The molecule has 0 aliphatic heterocycles. The van der Waals surface area contributed by atoms with E-state index in [0.717, 1.165) is 28.4 Å². The van der Waals surface area contributed by atoms with Gasteiger partial charge in [-0.1, -0.05) is 24.3 Å². The molecule has 0 atom stereocenters. The van der Waals surface area contributed by atoms with Gasteiger partial charge < -0.3 is 40.2 Å². The maximum atomic E-state index is 11.5. The maximum Gasteiger partial charge on any atom is 0.415 e. The normalized spacial score (nSPS) is 9.18. The molecule has 20 heteroatoms. The molecule has 0 radical (unpaired) electrons. The molecule has 12 amide bonds. The van der Waals surface area contributed by atoms with Gasteiger partial charge in [0.25, 0.3) is 0 Å². The first-order chi connectivity index (χ1) is 20.9. The first-order valence-corrected chi connectivity index (χ1v) is 11.7. The van der Waals surface area contributed by atoms with E-state index in [1.54, 1.807) is 24.3 Å². The molecule has 0 unspecified atom stereocenters. The summed E-state index contributed by atoms with van der Waals surface area (Å²) in [6, 6.07) is 8.88. The third kappa shape index (κ3) is 13.6. The van der Waals surface area contributed by atoms with Crippen LogP contribution in [0, 0.1) is 0 Å². The molecule has 8 N–H and O–H groups in total. The van der Waals surface area contributed by atoms with Crippen molar-refractivity contribution in [2.75, 3.05) is 49.7 Å². The lowest BCUT2D eigenvalue weighted by atomic mass is 10.2. The first kappa shape index (κ1) is 35.4. The molecular weight excluding hydrogens is 592 g/mol. The summed E-state index contributed by atoms with van der Waals surface area (Å²) in [5, 5.41) is 16.9. The lowest BCUT2D eigenvalue weighted by Crippen LogP contribution is -2.36. The third-order valence-electron chi connectivity index (χ3n) is 4.45. The van der Waals surface area contributed by atoms with Crippen LogP contribution in [-0.2, 0) is 18.9 Å². The fraction of sp³-hybridized carbons (Fsp3) is 0.167. The fourth-order valence-electron chi connectivity index (χ4n) is 2.59. The molecule has 0 bridgehead atoms. The van der Waals surface area contributed by atoms with Gasteiger partial charge in [-0.15, -0.1) is 0 Å². The summed E-state index contributed by atoms with van der Waals surface area (Å²) in [5.74, 6) is 0. The average molecular weight is 621 g/mol. The number of anilines is 4. The number of urea groups is 4. The fourth-order valence-corrected chi connectivity index (χ4v) is 2.59. The van der Waals surface area contributed by atoms with Crippen molar-refractivity contribution in [3.05, 3.63) is 48.5 Å². The zero-order valence-corrected chi connectivity index (χ0v) is 23.5. The van der Waals surface area contributed by atoms with Crippen LogP contribution in [0.2, 0.25) is 0 Å². The van der Waals surface area contributed by atoms with E-state index in [2.05, 4.69) is 40.2 Å².